The molecule has 8 nitrogen and oxygen atoms in total. The van der Waals surface area contributed by atoms with Crippen molar-refractivity contribution in [2.24, 2.45) is 0 Å². The fourth-order valence-corrected chi connectivity index (χ4v) is 4.21. The van der Waals surface area contributed by atoms with Crippen LogP contribution in [-0.2, 0) is 6.61 Å². The number of carbonyl (C=O) groups is 1. The fraction of sp³-hybridized carbons (Fsp3) is 0.0417. The third-order valence-corrected chi connectivity index (χ3v) is 6.01. The van der Waals surface area contributed by atoms with E-state index < -0.39 is 0 Å². The van der Waals surface area contributed by atoms with E-state index in [1.807, 2.05) is 60.7 Å². The SMILES string of the molecule is O=C(NC(=S)Nc1ccc(-c2nn3cnnc3s2)cc1)c1cccc(OCc2ccccc2)c1. The molecule has 0 aliphatic heterocycles. The van der Waals surface area contributed by atoms with E-state index in [2.05, 4.69) is 25.9 Å². The molecule has 2 aromatic heterocycles. The number of anilines is 1. The number of nitrogens with zero attached hydrogens (tertiary/aromatic N) is 4. The molecule has 0 bridgehead atoms. The average Bonchev–Trinajstić information content (AvgIpc) is 3.47. The molecule has 0 unspecified atom stereocenters. The van der Waals surface area contributed by atoms with Crippen molar-refractivity contribution in [2.75, 3.05) is 5.32 Å². The standard InChI is InChI=1S/C24H18N6O2S2/c31-21(18-7-4-8-20(13-18)32-14-16-5-2-1-3-6-16)27-23(33)26-19-11-9-17(10-12-19)22-29-30-15-25-28-24(30)34-22/h1-13,15H,14H2,(H2,26,27,31,33). The summed E-state index contributed by atoms with van der Waals surface area (Å²) in [5.74, 6) is 0.287. The molecule has 2 N–H and O–H groups in total. The average molecular weight is 487 g/mol. The highest BCUT2D eigenvalue weighted by molar-refractivity contribution is 7.80. The van der Waals surface area contributed by atoms with Gasteiger partial charge in [-0.1, -0.05) is 47.7 Å². The lowest BCUT2D eigenvalue weighted by Gasteiger charge is -2.11. The summed E-state index contributed by atoms with van der Waals surface area (Å²) >= 11 is 6.77. The van der Waals surface area contributed by atoms with Crippen LogP contribution in [0.5, 0.6) is 5.75 Å². The minimum absolute atomic E-state index is 0.201. The van der Waals surface area contributed by atoms with Crippen molar-refractivity contribution in [3.05, 3.63) is 96.3 Å². The van der Waals surface area contributed by atoms with Crippen LogP contribution >= 0.6 is 23.6 Å². The molecule has 0 aliphatic carbocycles. The van der Waals surface area contributed by atoms with Crippen LogP contribution in [0.15, 0.2) is 85.2 Å². The Labute approximate surface area is 204 Å². The monoisotopic (exact) mass is 486 g/mol. The van der Waals surface area contributed by atoms with Crippen molar-refractivity contribution in [3.63, 3.8) is 0 Å². The quantitative estimate of drug-likeness (QED) is 0.340. The number of hydrogen-bond acceptors (Lipinski definition) is 7. The van der Waals surface area contributed by atoms with E-state index in [1.165, 1.54) is 11.3 Å². The number of nitrogens with one attached hydrogen (secondary N) is 2. The molecule has 0 aliphatic rings. The zero-order chi connectivity index (χ0) is 23.3. The van der Waals surface area contributed by atoms with Gasteiger partial charge < -0.3 is 10.1 Å². The summed E-state index contributed by atoms with van der Waals surface area (Å²) in [6.45, 7) is 0.423. The summed E-state index contributed by atoms with van der Waals surface area (Å²) in [6, 6.07) is 24.4. The van der Waals surface area contributed by atoms with Crippen LogP contribution in [0.3, 0.4) is 0 Å². The molecule has 2 heterocycles. The van der Waals surface area contributed by atoms with Crippen molar-refractivity contribution in [2.45, 2.75) is 6.61 Å². The van der Waals surface area contributed by atoms with Crippen LogP contribution in [0.4, 0.5) is 5.69 Å². The molecule has 168 valence electrons. The van der Waals surface area contributed by atoms with E-state index in [9.17, 15) is 4.79 Å². The topological polar surface area (TPSA) is 93.4 Å². The zero-order valence-corrected chi connectivity index (χ0v) is 19.3. The maximum Gasteiger partial charge on any atom is 0.257 e. The van der Waals surface area contributed by atoms with Crippen LogP contribution in [0.2, 0.25) is 0 Å². The number of hydrogen-bond donors (Lipinski definition) is 2. The molecule has 5 aromatic rings. The summed E-state index contributed by atoms with van der Waals surface area (Å²) in [6.07, 6.45) is 1.57. The Morgan fingerprint density at radius 3 is 2.65 bits per heavy atom. The maximum absolute atomic E-state index is 12.7. The Kier molecular flexibility index (Phi) is 6.23. The number of aromatic nitrogens is 4. The molecule has 0 fully saturated rings. The summed E-state index contributed by atoms with van der Waals surface area (Å²) < 4.78 is 7.44. The Bertz CT molecular complexity index is 1420. The number of fused-ring (bicyclic) bond motifs is 1. The van der Waals surface area contributed by atoms with Gasteiger partial charge in [0.1, 0.15) is 23.7 Å². The first-order chi connectivity index (χ1) is 16.6. The van der Waals surface area contributed by atoms with Gasteiger partial charge in [0.2, 0.25) is 4.96 Å². The van der Waals surface area contributed by atoms with E-state index in [-0.39, 0.29) is 11.0 Å². The first-order valence-electron chi connectivity index (χ1n) is 10.3. The highest BCUT2D eigenvalue weighted by Gasteiger charge is 2.11. The van der Waals surface area contributed by atoms with Crippen LogP contribution in [0, 0.1) is 0 Å². The van der Waals surface area contributed by atoms with E-state index in [0.717, 1.165) is 26.8 Å². The first kappa shape index (κ1) is 21.7. The van der Waals surface area contributed by atoms with Gasteiger partial charge in [-0.25, -0.2) is 0 Å². The molecule has 0 radical (unpaired) electrons. The van der Waals surface area contributed by atoms with E-state index >= 15 is 0 Å². The number of carbonyl (C=O) groups excluding carboxylic acids is 1. The largest absolute Gasteiger partial charge is 0.489 e. The fourth-order valence-electron chi connectivity index (χ4n) is 3.18. The first-order valence-corrected chi connectivity index (χ1v) is 11.5. The molecular formula is C24H18N6O2S2. The normalized spacial score (nSPS) is 10.7. The summed E-state index contributed by atoms with van der Waals surface area (Å²) in [5, 5.41) is 19.0. The van der Waals surface area contributed by atoms with Gasteiger partial charge in [-0.2, -0.15) is 9.61 Å². The molecule has 34 heavy (non-hydrogen) atoms. The van der Waals surface area contributed by atoms with E-state index in [1.54, 1.807) is 29.0 Å². The van der Waals surface area contributed by atoms with Crippen LogP contribution < -0.4 is 15.4 Å². The Morgan fingerprint density at radius 1 is 1.03 bits per heavy atom. The summed E-state index contributed by atoms with van der Waals surface area (Å²) in [4.78, 5) is 13.4. The maximum atomic E-state index is 12.7. The third-order valence-electron chi connectivity index (χ3n) is 4.85. The Hall–Kier alpha value is -4.15. The number of ether oxygens (including phenoxy) is 1. The third kappa shape index (κ3) is 5.08. The van der Waals surface area contributed by atoms with Gasteiger partial charge in [0.25, 0.3) is 5.91 Å². The van der Waals surface area contributed by atoms with Gasteiger partial charge in [0, 0.05) is 16.8 Å². The number of thiocarbonyl (C=S) groups is 1. The number of benzene rings is 3. The lowest BCUT2D eigenvalue weighted by Crippen LogP contribution is -2.34. The minimum Gasteiger partial charge on any atom is -0.489 e. The van der Waals surface area contributed by atoms with Crippen LogP contribution in [0.25, 0.3) is 15.5 Å². The van der Waals surface area contributed by atoms with Gasteiger partial charge >= 0.3 is 0 Å². The molecule has 1 amide bonds. The molecule has 5 rings (SSSR count). The van der Waals surface area contributed by atoms with Gasteiger partial charge in [0.15, 0.2) is 5.11 Å². The molecule has 0 atom stereocenters. The van der Waals surface area contributed by atoms with Crippen molar-refractivity contribution in [1.29, 1.82) is 0 Å². The molecular weight excluding hydrogens is 468 g/mol. The van der Waals surface area contributed by atoms with Gasteiger partial charge in [-0.05, 0) is 60.2 Å². The molecule has 0 saturated carbocycles. The van der Waals surface area contributed by atoms with Crippen LogP contribution in [-0.4, -0.2) is 30.8 Å². The highest BCUT2D eigenvalue weighted by atomic mass is 32.1. The lowest BCUT2D eigenvalue weighted by atomic mass is 10.2. The number of rotatable bonds is 6. The Balaban J connectivity index is 1.17. The smallest absolute Gasteiger partial charge is 0.257 e. The predicted octanol–water partition coefficient (Wildman–Crippen LogP) is 4.56. The molecule has 10 heteroatoms. The molecule has 0 spiro atoms. The number of amides is 1. The minimum atomic E-state index is -0.320. The van der Waals surface area contributed by atoms with Gasteiger partial charge in [0.05, 0.1) is 0 Å². The Morgan fingerprint density at radius 2 is 1.85 bits per heavy atom. The van der Waals surface area contributed by atoms with Gasteiger partial charge in [-0.15, -0.1) is 10.2 Å². The van der Waals surface area contributed by atoms with Crippen molar-refractivity contribution >= 4 is 45.2 Å². The van der Waals surface area contributed by atoms with Crippen molar-refractivity contribution < 1.29 is 9.53 Å². The van der Waals surface area contributed by atoms with Crippen LogP contribution in [0.1, 0.15) is 15.9 Å². The predicted molar refractivity (Wildman–Crippen MR) is 135 cm³/mol. The summed E-state index contributed by atoms with van der Waals surface area (Å²) in [7, 11) is 0. The van der Waals surface area contributed by atoms with Crippen molar-refractivity contribution in [3.8, 4) is 16.3 Å². The van der Waals surface area contributed by atoms with E-state index in [4.69, 9.17) is 17.0 Å². The van der Waals surface area contributed by atoms with E-state index in [0.29, 0.717) is 17.9 Å². The zero-order valence-electron chi connectivity index (χ0n) is 17.7. The second kappa shape index (κ2) is 9.77. The molecule has 3 aromatic carbocycles. The molecule has 0 saturated heterocycles. The second-order valence-electron chi connectivity index (χ2n) is 7.25. The second-order valence-corrected chi connectivity index (χ2v) is 8.62. The lowest BCUT2D eigenvalue weighted by molar-refractivity contribution is 0.0977. The summed E-state index contributed by atoms with van der Waals surface area (Å²) in [5.41, 5.74) is 3.20. The van der Waals surface area contributed by atoms with Crippen molar-refractivity contribution in [1.82, 2.24) is 25.1 Å². The van der Waals surface area contributed by atoms with Gasteiger partial charge in [-0.3, -0.25) is 10.1 Å². The highest BCUT2D eigenvalue weighted by Crippen LogP contribution is 2.25.